The van der Waals surface area contributed by atoms with Crippen molar-refractivity contribution in [2.75, 3.05) is 14.2 Å². The molecule has 6 nitrogen and oxygen atoms in total. The highest BCUT2D eigenvalue weighted by Gasteiger charge is 2.28. The lowest BCUT2D eigenvalue weighted by atomic mass is 9.93. The van der Waals surface area contributed by atoms with Crippen molar-refractivity contribution in [1.29, 1.82) is 0 Å². The van der Waals surface area contributed by atoms with Gasteiger partial charge in [0.25, 0.3) is 0 Å². The third-order valence-corrected chi connectivity index (χ3v) is 5.95. The number of nitrogens with zero attached hydrogens (tertiary/aromatic N) is 1. The van der Waals surface area contributed by atoms with Crippen molar-refractivity contribution in [2.45, 2.75) is 18.6 Å². The van der Waals surface area contributed by atoms with Crippen LogP contribution in [0.1, 0.15) is 45.7 Å². The van der Waals surface area contributed by atoms with Crippen LogP contribution < -0.4 is 10.1 Å². The van der Waals surface area contributed by atoms with Gasteiger partial charge in [0.2, 0.25) is 0 Å². The molecule has 0 unspecified atom stereocenters. The fourth-order valence-corrected chi connectivity index (χ4v) is 4.16. The molecule has 0 saturated carbocycles. The van der Waals surface area contributed by atoms with E-state index < -0.39 is 0 Å². The summed E-state index contributed by atoms with van der Waals surface area (Å²) >= 11 is 3.50. The Kier molecular flexibility index (Phi) is 6.58. The van der Waals surface area contributed by atoms with E-state index in [1.54, 1.807) is 25.3 Å². The maximum Gasteiger partial charge on any atom is 0.337 e. The standard InChI is InChI=1S/C25H23BrN2O4/c1-31-19-5-3-4-17(12-19)21-14-22(20-13-18(26)10-11-23(20)29)28-24(27-21)15-6-8-16(9-7-15)25(30)32-2/h3-13,22,24,28-29H,14H2,1-2H3/t22-,24+/m1/s1. The van der Waals surface area contributed by atoms with Gasteiger partial charge in [0.05, 0.1) is 19.8 Å². The van der Waals surface area contributed by atoms with Crippen molar-refractivity contribution in [3.8, 4) is 11.5 Å². The molecule has 164 valence electrons. The number of carbonyl (C=O) groups excluding carboxylic acids is 1. The Labute approximate surface area is 195 Å². The molecule has 4 rings (SSSR count). The molecule has 2 atom stereocenters. The first kappa shape index (κ1) is 22.0. The molecule has 0 saturated heterocycles. The Bertz CT molecular complexity index is 1160. The third-order valence-electron chi connectivity index (χ3n) is 5.46. The van der Waals surface area contributed by atoms with Gasteiger partial charge in [-0.15, -0.1) is 0 Å². The number of benzene rings is 3. The van der Waals surface area contributed by atoms with Gasteiger partial charge in [-0.25, -0.2) is 4.79 Å². The van der Waals surface area contributed by atoms with Gasteiger partial charge in [-0.05, 0) is 53.6 Å². The summed E-state index contributed by atoms with van der Waals surface area (Å²) < 4.78 is 11.1. The molecule has 2 N–H and O–H groups in total. The molecule has 0 bridgehead atoms. The highest BCUT2D eigenvalue weighted by atomic mass is 79.9. The Morgan fingerprint density at radius 2 is 1.88 bits per heavy atom. The Hall–Kier alpha value is -3.16. The zero-order valence-corrected chi connectivity index (χ0v) is 19.3. The maximum atomic E-state index is 11.8. The quantitative estimate of drug-likeness (QED) is 0.478. The van der Waals surface area contributed by atoms with Gasteiger partial charge in [-0.2, -0.15) is 0 Å². The summed E-state index contributed by atoms with van der Waals surface area (Å²) in [5.41, 5.74) is 4.02. The lowest BCUT2D eigenvalue weighted by Gasteiger charge is -2.31. The smallest absolute Gasteiger partial charge is 0.337 e. The van der Waals surface area contributed by atoms with E-state index in [0.29, 0.717) is 12.0 Å². The maximum absolute atomic E-state index is 11.8. The van der Waals surface area contributed by atoms with Crippen LogP contribution in [-0.4, -0.2) is 31.0 Å². The van der Waals surface area contributed by atoms with Crippen LogP contribution in [0.15, 0.2) is 76.2 Å². The van der Waals surface area contributed by atoms with Gasteiger partial charge in [-0.1, -0.05) is 40.2 Å². The topological polar surface area (TPSA) is 80.2 Å². The predicted octanol–water partition coefficient (Wildman–Crippen LogP) is 5.17. The van der Waals surface area contributed by atoms with E-state index in [9.17, 15) is 9.90 Å². The van der Waals surface area contributed by atoms with Gasteiger partial charge in [0.15, 0.2) is 0 Å². The summed E-state index contributed by atoms with van der Waals surface area (Å²) in [4.78, 5) is 16.8. The predicted molar refractivity (Wildman–Crippen MR) is 126 cm³/mol. The van der Waals surface area contributed by atoms with E-state index in [2.05, 4.69) is 21.2 Å². The second-order valence-corrected chi connectivity index (χ2v) is 8.37. The van der Waals surface area contributed by atoms with E-state index >= 15 is 0 Å². The molecule has 0 fully saturated rings. The van der Waals surface area contributed by atoms with E-state index in [-0.39, 0.29) is 23.9 Å². The van der Waals surface area contributed by atoms with Gasteiger partial charge in [0, 0.05) is 28.2 Å². The number of ether oxygens (including phenoxy) is 2. The van der Waals surface area contributed by atoms with Crippen LogP contribution >= 0.6 is 15.9 Å². The molecular weight excluding hydrogens is 472 g/mol. The van der Waals surface area contributed by atoms with Crippen LogP contribution in [0.2, 0.25) is 0 Å². The van der Waals surface area contributed by atoms with E-state index in [0.717, 1.165) is 32.6 Å². The summed E-state index contributed by atoms with van der Waals surface area (Å²) in [7, 11) is 3.00. The molecule has 0 aliphatic carbocycles. The number of halogens is 1. The minimum absolute atomic E-state index is 0.170. The van der Waals surface area contributed by atoms with Crippen LogP contribution in [-0.2, 0) is 4.74 Å². The molecule has 1 aliphatic rings. The number of phenolic OH excluding ortho intramolecular Hbond substituents is 1. The first-order valence-corrected chi connectivity index (χ1v) is 10.9. The molecule has 7 heteroatoms. The van der Waals surface area contributed by atoms with Crippen molar-refractivity contribution in [1.82, 2.24) is 5.32 Å². The number of hydrogen-bond donors (Lipinski definition) is 2. The summed E-state index contributed by atoms with van der Waals surface area (Å²) in [6.07, 6.45) is 0.230. The van der Waals surface area contributed by atoms with Crippen molar-refractivity contribution in [3.63, 3.8) is 0 Å². The second-order valence-electron chi connectivity index (χ2n) is 7.45. The number of phenols is 1. The van der Waals surface area contributed by atoms with Crippen LogP contribution in [0.25, 0.3) is 0 Å². The molecular formula is C25H23BrN2O4. The fourth-order valence-electron chi connectivity index (χ4n) is 3.78. The van der Waals surface area contributed by atoms with E-state index in [1.807, 2.05) is 48.5 Å². The van der Waals surface area contributed by atoms with E-state index in [1.165, 1.54) is 7.11 Å². The zero-order valence-electron chi connectivity index (χ0n) is 17.7. The number of aliphatic imine (C=N–C) groups is 1. The Morgan fingerprint density at radius 3 is 2.59 bits per heavy atom. The van der Waals surface area contributed by atoms with Crippen molar-refractivity contribution < 1.29 is 19.4 Å². The average Bonchev–Trinajstić information content (AvgIpc) is 2.84. The number of methoxy groups -OCH3 is 2. The molecule has 3 aromatic rings. The highest BCUT2D eigenvalue weighted by molar-refractivity contribution is 9.10. The first-order valence-electron chi connectivity index (χ1n) is 10.1. The van der Waals surface area contributed by atoms with Crippen molar-refractivity contribution >= 4 is 27.6 Å². The van der Waals surface area contributed by atoms with Gasteiger partial charge < -0.3 is 14.6 Å². The monoisotopic (exact) mass is 494 g/mol. The molecule has 1 heterocycles. The molecule has 3 aromatic carbocycles. The van der Waals surface area contributed by atoms with Crippen LogP contribution in [0.4, 0.5) is 0 Å². The average molecular weight is 495 g/mol. The highest BCUT2D eigenvalue weighted by Crippen LogP contribution is 2.36. The number of hydrogen-bond acceptors (Lipinski definition) is 6. The third kappa shape index (κ3) is 4.69. The molecule has 32 heavy (non-hydrogen) atoms. The number of nitrogens with one attached hydrogen (secondary N) is 1. The molecule has 0 radical (unpaired) electrons. The lowest BCUT2D eigenvalue weighted by Crippen LogP contribution is -2.33. The normalized spacial score (nSPS) is 18.0. The first-order chi connectivity index (χ1) is 15.5. The fraction of sp³-hybridized carbons (Fsp3) is 0.200. The van der Waals surface area contributed by atoms with E-state index in [4.69, 9.17) is 14.5 Å². The van der Waals surface area contributed by atoms with Crippen LogP contribution in [0.3, 0.4) is 0 Å². The van der Waals surface area contributed by atoms with Gasteiger partial charge >= 0.3 is 5.97 Å². The molecule has 0 aromatic heterocycles. The summed E-state index contributed by atoms with van der Waals surface area (Å²) in [5, 5.41) is 14.1. The molecule has 0 amide bonds. The summed E-state index contributed by atoms with van der Waals surface area (Å²) in [5.74, 6) is 0.590. The van der Waals surface area contributed by atoms with Crippen molar-refractivity contribution in [2.24, 2.45) is 4.99 Å². The number of carbonyl (C=O) groups is 1. The SMILES string of the molecule is COC(=O)c1ccc([C@H]2N=C(c3cccc(OC)c3)C[C@H](c3cc(Br)ccc3O)N2)cc1. The lowest BCUT2D eigenvalue weighted by molar-refractivity contribution is 0.0600. The zero-order chi connectivity index (χ0) is 22.7. The minimum Gasteiger partial charge on any atom is -0.508 e. The molecule has 0 spiro atoms. The number of rotatable bonds is 5. The van der Waals surface area contributed by atoms with Crippen LogP contribution in [0, 0.1) is 0 Å². The molecule has 1 aliphatic heterocycles. The Morgan fingerprint density at radius 1 is 1.09 bits per heavy atom. The van der Waals surface area contributed by atoms with Gasteiger partial charge in [-0.3, -0.25) is 10.3 Å². The van der Waals surface area contributed by atoms with Crippen molar-refractivity contribution in [3.05, 3.63) is 93.5 Å². The largest absolute Gasteiger partial charge is 0.508 e. The van der Waals surface area contributed by atoms with Crippen LogP contribution in [0.5, 0.6) is 11.5 Å². The summed E-state index contributed by atoms with van der Waals surface area (Å²) in [6.45, 7) is 0. The summed E-state index contributed by atoms with van der Waals surface area (Å²) in [6, 6.07) is 20.2. The van der Waals surface area contributed by atoms with Gasteiger partial charge in [0.1, 0.15) is 17.7 Å². The number of aromatic hydroxyl groups is 1. The minimum atomic E-state index is -0.384. The Balaban J connectivity index is 1.74. The second kappa shape index (κ2) is 9.54. The number of esters is 1.